The normalized spacial score (nSPS) is 7.50. The van der Waals surface area contributed by atoms with Crippen LogP contribution in [0.25, 0.3) is 0 Å². The monoisotopic (exact) mass is 132 g/mol. The van der Waals surface area contributed by atoms with E-state index in [9.17, 15) is 0 Å². The average molecular weight is 132 g/mol. The topological polar surface area (TPSA) is 0 Å². The summed E-state index contributed by atoms with van der Waals surface area (Å²) in [6.45, 7) is 2.08. The summed E-state index contributed by atoms with van der Waals surface area (Å²) < 4.78 is 0. The Bertz CT molecular complexity index is 165. The number of allylic oxidation sites excluding steroid dienone is 2. The molecule has 0 nitrogen and oxygen atoms in total. The van der Waals surface area contributed by atoms with Gasteiger partial charge >= 0.3 is 0 Å². The molecule has 0 saturated heterocycles. The number of hydrogen-bond donors (Lipinski definition) is 0. The second kappa shape index (κ2) is 5.99. The van der Waals surface area contributed by atoms with Crippen molar-refractivity contribution >= 4 is 0 Å². The Kier molecular flexibility index (Phi) is 5.30. The molecule has 0 heteroatoms. The smallest absolute Gasteiger partial charge is 0.0306 e. The lowest BCUT2D eigenvalue weighted by atomic mass is 10.1. The van der Waals surface area contributed by atoms with Crippen molar-refractivity contribution in [3.05, 3.63) is 11.6 Å². The maximum absolute atomic E-state index is 5.13. The van der Waals surface area contributed by atoms with Crippen LogP contribution >= 0.6 is 0 Å². The zero-order valence-corrected chi connectivity index (χ0v) is 6.35. The molecule has 0 bridgehead atoms. The third-order valence-corrected chi connectivity index (χ3v) is 1.15. The summed E-state index contributed by atoms with van der Waals surface area (Å²) in [5.74, 6) is 5.15. The fraction of sp³-hybridized carbons (Fsp3) is 0.400. The van der Waals surface area contributed by atoms with Crippen molar-refractivity contribution in [1.29, 1.82) is 0 Å². The molecule has 0 aromatic heterocycles. The third kappa shape index (κ3) is 3.81. The lowest BCUT2D eigenvalue weighted by Crippen LogP contribution is -1.78. The summed E-state index contributed by atoms with van der Waals surface area (Å²) in [7, 11) is 0. The van der Waals surface area contributed by atoms with E-state index in [-0.39, 0.29) is 0 Å². The molecule has 0 spiro atoms. The lowest BCUT2D eigenvalue weighted by molar-refractivity contribution is 1.09. The summed E-state index contributed by atoms with van der Waals surface area (Å²) in [6, 6.07) is 0. The van der Waals surface area contributed by atoms with Gasteiger partial charge in [0.05, 0.1) is 0 Å². The highest BCUT2D eigenvalue weighted by Crippen LogP contribution is 2.05. The van der Waals surface area contributed by atoms with E-state index in [0.29, 0.717) is 12.8 Å². The number of rotatable bonds is 3. The van der Waals surface area contributed by atoms with Crippen LogP contribution in [0.4, 0.5) is 0 Å². The van der Waals surface area contributed by atoms with Gasteiger partial charge in [-0.15, -0.1) is 24.7 Å². The summed E-state index contributed by atoms with van der Waals surface area (Å²) in [4.78, 5) is 0. The zero-order chi connectivity index (χ0) is 7.82. The summed E-state index contributed by atoms with van der Waals surface area (Å²) in [6.07, 6.45) is 14.8. The highest BCUT2D eigenvalue weighted by atomic mass is 13.9. The third-order valence-electron chi connectivity index (χ3n) is 1.15. The van der Waals surface area contributed by atoms with Gasteiger partial charge in [-0.05, 0) is 6.42 Å². The van der Waals surface area contributed by atoms with Gasteiger partial charge in [-0.25, -0.2) is 0 Å². The van der Waals surface area contributed by atoms with E-state index in [4.69, 9.17) is 12.8 Å². The Balaban J connectivity index is 3.90. The predicted octanol–water partition coefficient (Wildman–Crippen LogP) is 2.37. The molecule has 0 N–H and O–H groups in total. The molecule has 0 aliphatic carbocycles. The van der Waals surface area contributed by atoms with Crippen molar-refractivity contribution in [3.8, 4) is 24.7 Å². The Morgan fingerprint density at radius 1 is 1.30 bits per heavy atom. The van der Waals surface area contributed by atoms with Crippen molar-refractivity contribution in [2.75, 3.05) is 0 Å². The van der Waals surface area contributed by atoms with Crippen molar-refractivity contribution in [1.82, 2.24) is 0 Å². The van der Waals surface area contributed by atoms with Crippen LogP contribution in [-0.4, -0.2) is 0 Å². The SMILES string of the molecule is C#CCC(=CCC)CC#C. The summed E-state index contributed by atoms with van der Waals surface area (Å²) in [5.41, 5.74) is 1.19. The molecule has 0 radical (unpaired) electrons. The van der Waals surface area contributed by atoms with Gasteiger partial charge in [-0.2, -0.15) is 0 Å². The minimum atomic E-state index is 0.692. The second-order valence-electron chi connectivity index (χ2n) is 2.03. The first-order chi connectivity index (χ1) is 4.85. The molecule has 10 heavy (non-hydrogen) atoms. The van der Waals surface area contributed by atoms with Gasteiger partial charge in [-0.1, -0.05) is 18.6 Å². The fourth-order valence-electron chi connectivity index (χ4n) is 0.758. The number of hydrogen-bond acceptors (Lipinski definition) is 0. The Hall–Kier alpha value is -1.14. The Morgan fingerprint density at radius 3 is 2.10 bits per heavy atom. The maximum atomic E-state index is 5.13. The minimum Gasteiger partial charge on any atom is -0.120 e. The molecule has 0 aromatic rings. The van der Waals surface area contributed by atoms with Crippen LogP contribution in [0.5, 0.6) is 0 Å². The molecular weight excluding hydrogens is 120 g/mol. The molecule has 0 aliphatic rings. The van der Waals surface area contributed by atoms with Crippen LogP contribution in [0.15, 0.2) is 11.6 Å². The zero-order valence-electron chi connectivity index (χ0n) is 6.35. The first-order valence-electron chi connectivity index (χ1n) is 3.40. The number of terminal acetylenes is 2. The van der Waals surface area contributed by atoms with Crippen molar-refractivity contribution in [3.63, 3.8) is 0 Å². The molecule has 0 aromatic carbocycles. The van der Waals surface area contributed by atoms with Crippen LogP contribution in [0.1, 0.15) is 26.2 Å². The highest BCUT2D eigenvalue weighted by molar-refractivity contribution is 5.15. The van der Waals surface area contributed by atoms with Gasteiger partial charge in [0.2, 0.25) is 0 Å². The van der Waals surface area contributed by atoms with Crippen molar-refractivity contribution in [2.24, 2.45) is 0 Å². The Morgan fingerprint density at radius 2 is 1.80 bits per heavy atom. The second-order valence-corrected chi connectivity index (χ2v) is 2.03. The van der Waals surface area contributed by atoms with E-state index in [0.717, 1.165) is 6.42 Å². The first-order valence-corrected chi connectivity index (χ1v) is 3.40. The molecule has 0 heterocycles. The van der Waals surface area contributed by atoms with Crippen LogP contribution in [0.3, 0.4) is 0 Å². The largest absolute Gasteiger partial charge is 0.120 e. The molecule has 0 fully saturated rings. The molecule has 52 valence electrons. The van der Waals surface area contributed by atoms with Gasteiger partial charge in [0.15, 0.2) is 0 Å². The minimum absolute atomic E-state index is 0.692. The quantitative estimate of drug-likeness (QED) is 0.408. The molecule has 0 atom stereocenters. The van der Waals surface area contributed by atoms with E-state index in [1.54, 1.807) is 0 Å². The van der Waals surface area contributed by atoms with Gasteiger partial charge < -0.3 is 0 Å². The van der Waals surface area contributed by atoms with Crippen LogP contribution in [0, 0.1) is 24.7 Å². The van der Waals surface area contributed by atoms with E-state index in [2.05, 4.69) is 24.8 Å². The fourth-order valence-corrected chi connectivity index (χ4v) is 0.758. The van der Waals surface area contributed by atoms with Crippen LogP contribution in [-0.2, 0) is 0 Å². The molecular formula is C10H12. The van der Waals surface area contributed by atoms with E-state index in [1.807, 2.05) is 0 Å². The highest BCUT2D eigenvalue weighted by Gasteiger charge is 1.89. The Labute approximate surface area is 63.3 Å². The molecule has 0 unspecified atom stereocenters. The summed E-state index contributed by atoms with van der Waals surface area (Å²) >= 11 is 0. The van der Waals surface area contributed by atoms with Gasteiger partial charge in [0, 0.05) is 12.8 Å². The van der Waals surface area contributed by atoms with E-state index in [1.165, 1.54) is 5.57 Å². The first kappa shape index (κ1) is 8.86. The van der Waals surface area contributed by atoms with Gasteiger partial charge in [0.1, 0.15) is 0 Å². The van der Waals surface area contributed by atoms with Crippen molar-refractivity contribution in [2.45, 2.75) is 26.2 Å². The van der Waals surface area contributed by atoms with E-state index >= 15 is 0 Å². The van der Waals surface area contributed by atoms with Gasteiger partial charge in [0.25, 0.3) is 0 Å². The molecule has 0 aliphatic heterocycles. The lowest BCUT2D eigenvalue weighted by Gasteiger charge is -1.94. The molecule has 0 rings (SSSR count). The summed E-state index contributed by atoms with van der Waals surface area (Å²) in [5, 5.41) is 0. The van der Waals surface area contributed by atoms with E-state index < -0.39 is 0 Å². The van der Waals surface area contributed by atoms with Gasteiger partial charge in [-0.3, -0.25) is 0 Å². The standard InChI is InChI=1S/C10H12/c1-4-7-10(8-5-2)9-6-3/h1-2,9H,6-8H2,3H3. The molecule has 0 amide bonds. The van der Waals surface area contributed by atoms with Crippen LogP contribution < -0.4 is 0 Å². The van der Waals surface area contributed by atoms with Crippen molar-refractivity contribution < 1.29 is 0 Å². The maximum Gasteiger partial charge on any atom is 0.0306 e. The van der Waals surface area contributed by atoms with Crippen LogP contribution in [0.2, 0.25) is 0 Å². The predicted molar refractivity (Wildman–Crippen MR) is 45.3 cm³/mol. The average Bonchev–Trinajstić information content (AvgIpc) is 1.90. The molecule has 0 saturated carbocycles.